The highest BCUT2D eigenvalue weighted by molar-refractivity contribution is 5.87. The topological polar surface area (TPSA) is 67.9 Å². The Balaban J connectivity index is 1.60. The Morgan fingerprint density at radius 2 is 1.65 bits per heavy atom. The number of hydrogen-bond donors (Lipinski definition) is 1. The summed E-state index contributed by atoms with van der Waals surface area (Å²) < 4.78 is 11.0. The fraction of sp³-hybridized carbons (Fsp3) is 0.500. The first kappa shape index (κ1) is 25.6. The lowest BCUT2D eigenvalue weighted by Crippen LogP contribution is -2.50. The molecule has 1 N–H and O–H groups in total. The van der Waals surface area contributed by atoms with E-state index in [-0.39, 0.29) is 17.9 Å². The Hall–Kier alpha value is -3.02. The second kappa shape index (κ2) is 13.0. The van der Waals surface area contributed by atoms with Gasteiger partial charge in [0.1, 0.15) is 17.5 Å². The first-order chi connectivity index (χ1) is 16.5. The summed E-state index contributed by atoms with van der Waals surface area (Å²) in [5.41, 5.74) is 2.14. The molecule has 0 unspecified atom stereocenters. The molecule has 1 saturated carbocycles. The van der Waals surface area contributed by atoms with E-state index in [4.69, 9.17) is 9.47 Å². The number of amides is 2. The van der Waals surface area contributed by atoms with Gasteiger partial charge >= 0.3 is 0 Å². The van der Waals surface area contributed by atoms with Crippen molar-refractivity contribution >= 4 is 11.8 Å². The third-order valence-electron chi connectivity index (χ3n) is 6.46. The quantitative estimate of drug-likeness (QED) is 0.472. The molecule has 34 heavy (non-hydrogen) atoms. The predicted molar refractivity (Wildman–Crippen MR) is 134 cm³/mol. The zero-order chi connectivity index (χ0) is 24.3. The second-order valence-electron chi connectivity index (χ2n) is 9.15. The van der Waals surface area contributed by atoms with Crippen LogP contribution in [0.4, 0.5) is 0 Å². The van der Waals surface area contributed by atoms with Gasteiger partial charge in [-0.3, -0.25) is 9.59 Å². The van der Waals surface area contributed by atoms with E-state index < -0.39 is 6.04 Å². The monoisotopic (exact) mass is 466 g/mol. The molecule has 1 aliphatic rings. The number of aryl methyl sites for hydroxylation is 1. The van der Waals surface area contributed by atoms with Gasteiger partial charge in [0.25, 0.3) is 0 Å². The molecule has 0 radical (unpaired) electrons. The highest BCUT2D eigenvalue weighted by Crippen LogP contribution is 2.19. The molecule has 1 atom stereocenters. The number of nitrogens with zero attached hydrogens (tertiary/aromatic N) is 1. The molecule has 2 amide bonds. The Morgan fingerprint density at radius 1 is 1.00 bits per heavy atom. The number of ether oxygens (including phenoxy) is 2. The molecule has 0 bridgehead atoms. The van der Waals surface area contributed by atoms with Crippen molar-refractivity contribution in [1.29, 1.82) is 0 Å². The Morgan fingerprint density at radius 3 is 2.29 bits per heavy atom. The smallest absolute Gasteiger partial charge is 0.242 e. The highest BCUT2D eigenvalue weighted by Gasteiger charge is 2.27. The van der Waals surface area contributed by atoms with Gasteiger partial charge in [-0.05, 0) is 62.9 Å². The van der Waals surface area contributed by atoms with Crippen LogP contribution in [0.3, 0.4) is 0 Å². The first-order valence-corrected chi connectivity index (χ1v) is 12.4. The van der Waals surface area contributed by atoms with Gasteiger partial charge in [0.05, 0.1) is 13.7 Å². The number of rotatable bonds is 11. The minimum Gasteiger partial charge on any atom is -0.497 e. The Kier molecular flexibility index (Phi) is 9.80. The standard InChI is InChI=1S/C28H38N2O4/c1-21-11-15-26(16-12-21)34-19-7-10-27(31)30(20-23-13-17-25(33-3)18-14-23)22(2)28(32)29-24-8-5-4-6-9-24/h11-18,22,24H,4-10,19-20H2,1-3H3,(H,29,32)/t22-/m1/s1. The zero-order valence-corrected chi connectivity index (χ0v) is 20.7. The Bertz CT molecular complexity index is 905. The Labute approximate surface area is 203 Å². The van der Waals surface area contributed by atoms with Crippen LogP contribution in [-0.4, -0.2) is 42.5 Å². The third-order valence-corrected chi connectivity index (χ3v) is 6.46. The van der Waals surface area contributed by atoms with Gasteiger partial charge in [0, 0.05) is 19.0 Å². The average molecular weight is 467 g/mol. The van der Waals surface area contributed by atoms with Crippen LogP contribution in [-0.2, 0) is 16.1 Å². The summed E-state index contributed by atoms with van der Waals surface area (Å²) in [7, 11) is 1.63. The molecule has 2 aromatic rings. The van der Waals surface area contributed by atoms with E-state index in [1.807, 2.05) is 62.4 Å². The molecule has 3 rings (SSSR count). The van der Waals surface area contributed by atoms with Crippen molar-refractivity contribution in [3.05, 3.63) is 59.7 Å². The number of methoxy groups -OCH3 is 1. The van der Waals surface area contributed by atoms with Crippen LogP contribution in [0.5, 0.6) is 11.5 Å². The summed E-state index contributed by atoms with van der Waals surface area (Å²) in [5.74, 6) is 1.44. The van der Waals surface area contributed by atoms with E-state index in [0.29, 0.717) is 26.0 Å². The number of hydrogen-bond acceptors (Lipinski definition) is 4. The molecule has 1 fully saturated rings. The normalized spacial score (nSPS) is 14.8. The fourth-order valence-corrected chi connectivity index (χ4v) is 4.27. The number of benzene rings is 2. The van der Waals surface area contributed by atoms with Crippen molar-refractivity contribution in [1.82, 2.24) is 10.2 Å². The minimum absolute atomic E-state index is 0.0466. The van der Waals surface area contributed by atoms with Crippen molar-refractivity contribution in [2.45, 2.75) is 77.4 Å². The maximum absolute atomic E-state index is 13.2. The lowest BCUT2D eigenvalue weighted by atomic mass is 9.95. The zero-order valence-electron chi connectivity index (χ0n) is 20.7. The SMILES string of the molecule is COc1ccc(CN(C(=O)CCCOc2ccc(C)cc2)[C@H](C)C(=O)NC2CCCCC2)cc1. The molecule has 0 spiro atoms. The molecule has 0 saturated heterocycles. The van der Waals surface area contributed by atoms with E-state index in [1.165, 1.54) is 12.0 Å². The maximum Gasteiger partial charge on any atom is 0.242 e. The lowest BCUT2D eigenvalue weighted by Gasteiger charge is -2.31. The van der Waals surface area contributed by atoms with Gasteiger partial charge < -0.3 is 19.7 Å². The van der Waals surface area contributed by atoms with Crippen molar-refractivity contribution in [3.8, 4) is 11.5 Å². The van der Waals surface area contributed by atoms with Crippen LogP contribution in [0.1, 0.15) is 63.0 Å². The second-order valence-corrected chi connectivity index (χ2v) is 9.15. The molecule has 6 heteroatoms. The fourth-order valence-electron chi connectivity index (χ4n) is 4.27. The molecule has 0 aliphatic heterocycles. The van der Waals surface area contributed by atoms with Crippen molar-refractivity contribution in [2.24, 2.45) is 0 Å². The molecular formula is C28H38N2O4. The number of carbonyl (C=O) groups is 2. The molecular weight excluding hydrogens is 428 g/mol. The van der Waals surface area contributed by atoms with Gasteiger partial charge in [-0.2, -0.15) is 0 Å². The van der Waals surface area contributed by atoms with E-state index in [2.05, 4.69) is 5.32 Å². The largest absolute Gasteiger partial charge is 0.497 e. The lowest BCUT2D eigenvalue weighted by molar-refractivity contribution is -0.141. The van der Waals surface area contributed by atoms with Crippen molar-refractivity contribution < 1.29 is 19.1 Å². The van der Waals surface area contributed by atoms with E-state index >= 15 is 0 Å². The molecule has 0 heterocycles. The van der Waals surface area contributed by atoms with Gasteiger partial charge in [-0.1, -0.05) is 49.1 Å². The summed E-state index contributed by atoms with van der Waals surface area (Å²) in [5, 5.41) is 3.17. The van der Waals surface area contributed by atoms with Crippen LogP contribution in [0.15, 0.2) is 48.5 Å². The van der Waals surface area contributed by atoms with Crippen LogP contribution in [0, 0.1) is 6.92 Å². The summed E-state index contributed by atoms with van der Waals surface area (Å²) in [6.07, 6.45) is 6.46. The van der Waals surface area contributed by atoms with Gasteiger partial charge in [0.15, 0.2) is 0 Å². The van der Waals surface area contributed by atoms with E-state index in [1.54, 1.807) is 12.0 Å². The van der Waals surface area contributed by atoms with E-state index in [0.717, 1.165) is 42.7 Å². The number of nitrogens with one attached hydrogen (secondary N) is 1. The van der Waals surface area contributed by atoms with Crippen LogP contribution < -0.4 is 14.8 Å². The number of carbonyl (C=O) groups excluding carboxylic acids is 2. The van der Waals surface area contributed by atoms with Crippen molar-refractivity contribution in [2.75, 3.05) is 13.7 Å². The van der Waals surface area contributed by atoms with Crippen LogP contribution in [0.25, 0.3) is 0 Å². The minimum atomic E-state index is -0.547. The molecule has 184 valence electrons. The van der Waals surface area contributed by atoms with Gasteiger partial charge in [0.2, 0.25) is 11.8 Å². The predicted octanol–water partition coefficient (Wildman–Crippen LogP) is 5.03. The highest BCUT2D eigenvalue weighted by atomic mass is 16.5. The average Bonchev–Trinajstić information content (AvgIpc) is 2.86. The summed E-state index contributed by atoms with van der Waals surface area (Å²) in [6, 6.07) is 15.2. The summed E-state index contributed by atoms with van der Waals surface area (Å²) in [4.78, 5) is 28.0. The first-order valence-electron chi connectivity index (χ1n) is 12.4. The van der Waals surface area contributed by atoms with Gasteiger partial charge in [-0.25, -0.2) is 0 Å². The van der Waals surface area contributed by atoms with E-state index in [9.17, 15) is 9.59 Å². The van der Waals surface area contributed by atoms with Crippen LogP contribution in [0.2, 0.25) is 0 Å². The maximum atomic E-state index is 13.2. The summed E-state index contributed by atoms with van der Waals surface area (Å²) >= 11 is 0. The van der Waals surface area contributed by atoms with Crippen molar-refractivity contribution in [3.63, 3.8) is 0 Å². The van der Waals surface area contributed by atoms with Crippen LogP contribution >= 0.6 is 0 Å². The molecule has 2 aromatic carbocycles. The molecule has 6 nitrogen and oxygen atoms in total. The third kappa shape index (κ3) is 7.79. The van der Waals surface area contributed by atoms with Gasteiger partial charge in [-0.15, -0.1) is 0 Å². The molecule has 1 aliphatic carbocycles. The summed E-state index contributed by atoms with van der Waals surface area (Å²) in [6.45, 7) is 4.68. The molecule has 0 aromatic heterocycles.